The third-order valence-corrected chi connectivity index (χ3v) is 5.32. The first-order valence-electron chi connectivity index (χ1n) is 8.97. The molecule has 1 N–H and O–H groups in total. The molecule has 1 aromatic carbocycles. The number of hydrogen-bond donors (Lipinski definition) is 1. The van der Waals surface area contributed by atoms with E-state index in [0.29, 0.717) is 18.4 Å². The smallest absolute Gasteiger partial charge is 0.328 e. The van der Waals surface area contributed by atoms with Crippen molar-refractivity contribution in [2.45, 2.75) is 44.9 Å². The maximum Gasteiger partial charge on any atom is 0.328 e. The van der Waals surface area contributed by atoms with E-state index in [1.165, 1.54) is 4.90 Å². The first kappa shape index (κ1) is 17.9. The van der Waals surface area contributed by atoms with Crippen LogP contribution in [0.4, 0.5) is 0 Å². The minimum absolute atomic E-state index is 0.0563. The number of amides is 1. The quantitative estimate of drug-likeness (QED) is 0.904. The summed E-state index contributed by atoms with van der Waals surface area (Å²) in [6, 6.07) is 6.39. The molecule has 2 saturated heterocycles. The van der Waals surface area contributed by atoms with Crippen molar-refractivity contribution in [3.63, 3.8) is 0 Å². The summed E-state index contributed by atoms with van der Waals surface area (Å²) in [4.78, 5) is 28.8. The second kappa shape index (κ2) is 7.14. The predicted molar refractivity (Wildman–Crippen MR) is 93.4 cm³/mol. The van der Waals surface area contributed by atoms with Crippen molar-refractivity contribution in [3.05, 3.63) is 35.4 Å². The van der Waals surface area contributed by atoms with Gasteiger partial charge in [-0.05, 0) is 31.5 Å². The minimum atomic E-state index is -1.00. The van der Waals surface area contributed by atoms with Gasteiger partial charge in [0, 0.05) is 31.5 Å². The van der Waals surface area contributed by atoms with E-state index in [1.807, 2.05) is 25.1 Å². The molecule has 1 atom stereocenters. The van der Waals surface area contributed by atoms with Crippen molar-refractivity contribution in [2.24, 2.45) is 0 Å². The van der Waals surface area contributed by atoms with Crippen molar-refractivity contribution < 1.29 is 19.4 Å². The van der Waals surface area contributed by atoms with Crippen LogP contribution in [0.5, 0.6) is 0 Å². The van der Waals surface area contributed by atoms with Crippen molar-refractivity contribution >= 4 is 11.9 Å². The Balaban J connectivity index is 1.90. The number of carboxylic acids is 1. The number of benzene rings is 1. The summed E-state index contributed by atoms with van der Waals surface area (Å²) >= 11 is 0. The molecule has 0 unspecified atom stereocenters. The summed E-state index contributed by atoms with van der Waals surface area (Å²) in [7, 11) is 0. The molecule has 1 aromatic rings. The Morgan fingerprint density at radius 3 is 2.56 bits per heavy atom. The summed E-state index contributed by atoms with van der Waals surface area (Å²) in [5.74, 6) is -1.25. The first-order chi connectivity index (χ1) is 12.0. The molecule has 1 spiro atoms. The fourth-order valence-electron chi connectivity index (χ4n) is 3.94. The standard InChI is InChI=1S/C19H26N2O4/c1-3-10-20-11-8-19(9-12-20)21(16(13-25-19)18(23)24)17(22)15-7-5-4-6-14(15)2/h4-7,16H,3,8-13H2,1-2H3,(H,23,24)/t16-/m0/s1. The number of piperidine rings is 1. The van der Waals surface area contributed by atoms with Gasteiger partial charge in [-0.2, -0.15) is 0 Å². The Morgan fingerprint density at radius 1 is 1.28 bits per heavy atom. The van der Waals surface area contributed by atoms with Crippen molar-refractivity contribution in [2.75, 3.05) is 26.2 Å². The first-order valence-corrected chi connectivity index (χ1v) is 8.97. The molecule has 2 fully saturated rings. The third-order valence-electron chi connectivity index (χ3n) is 5.32. The molecule has 2 heterocycles. The Bertz CT molecular complexity index is 653. The van der Waals surface area contributed by atoms with Crippen LogP contribution in [0.3, 0.4) is 0 Å². The number of aryl methyl sites for hydroxylation is 1. The highest BCUT2D eigenvalue weighted by Gasteiger charge is 2.54. The summed E-state index contributed by atoms with van der Waals surface area (Å²) in [6.45, 7) is 6.72. The lowest BCUT2D eigenvalue weighted by atomic mass is 9.96. The van der Waals surface area contributed by atoms with Crippen LogP contribution in [0.15, 0.2) is 24.3 Å². The number of aliphatic carboxylic acids is 1. The van der Waals surface area contributed by atoms with Gasteiger partial charge >= 0.3 is 5.97 Å². The van der Waals surface area contributed by atoms with Crippen LogP contribution in [0, 0.1) is 6.92 Å². The third kappa shape index (κ3) is 3.28. The van der Waals surface area contributed by atoms with Gasteiger partial charge < -0.3 is 14.7 Å². The van der Waals surface area contributed by atoms with Gasteiger partial charge in [-0.1, -0.05) is 25.1 Å². The molecule has 0 saturated carbocycles. The number of likely N-dealkylation sites (tertiary alicyclic amines) is 1. The van der Waals surface area contributed by atoms with Crippen molar-refractivity contribution in [1.29, 1.82) is 0 Å². The van der Waals surface area contributed by atoms with Crippen molar-refractivity contribution in [1.82, 2.24) is 9.80 Å². The van der Waals surface area contributed by atoms with E-state index >= 15 is 0 Å². The molecule has 2 aliphatic heterocycles. The number of rotatable bonds is 4. The van der Waals surface area contributed by atoms with E-state index in [9.17, 15) is 14.7 Å². The lowest BCUT2D eigenvalue weighted by Crippen LogP contribution is -2.58. The number of carboxylic acid groups (broad SMARTS) is 1. The summed E-state index contributed by atoms with van der Waals surface area (Å²) in [5.41, 5.74) is 0.601. The van der Waals surface area contributed by atoms with E-state index in [1.54, 1.807) is 6.07 Å². The average Bonchev–Trinajstić information content (AvgIpc) is 2.96. The highest BCUT2D eigenvalue weighted by Crippen LogP contribution is 2.38. The van der Waals surface area contributed by atoms with E-state index < -0.39 is 17.7 Å². The maximum absolute atomic E-state index is 13.2. The molecule has 0 radical (unpaired) electrons. The SMILES string of the molecule is CCCN1CCC2(CC1)OC[C@@H](C(=O)O)N2C(=O)c1ccccc1C. The summed E-state index contributed by atoms with van der Waals surface area (Å²) in [6.07, 6.45) is 2.38. The van der Waals surface area contributed by atoms with E-state index in [4.69, 9.17) is 4.74 Å². The Kier molecular flexibility index (Phi) is 5.11. The molecule has 136 valence electrons. The Morgan fingerprint density at radius 2 is 1.96 bits per heavy atom. The van der Waals surface area contributed by atoms with Gasteiger partial charge in [0.1, 0.15) is 5.72 Å². The molecule has 2 aliphatic rings. The predicted octanol–water partition coefficient (Wildman–Crippen LogP) is 2.12. The van der Waals surface area contributed by atoms with Gasteiger partial charge in [0.25, 0.3) is 5.91 Å². The van der Waals surface area contributed by atoms with Gasteiger partial charge in [0.15, 0.2) is 6.04 Å². The van der Waals surface area contributed by atoms with Gasteiger partial charge in [-0.25, -0.2) is 4.79 Å². The molecule has 3 rings (SSSR count). The molecular weight excluding hydrogens is 320 g/mol. The van der Waals surface area contributed by atoms with Crippen LogP contribution in [-0.4, -0.2) is 64.8 Å². The van der Waals surface area contributed by atoms with Crippen LogP contribution < -0.4 is 0 Å². The zero-order chi connectivity index (χ0) is 18.0. The molecule has 1 amide bonds. The fraction of sp³-hybridized carbons (Fsp3) is 0.579. The summed E-state index contributed by atoms with van der Waals surface area (Å²) < 4.78 is 5.97. The van der Waals surface area contributed by atoms with Crippen molar-refractivity contribution in [3.8, 4) is 0 Å². The second-order valence-corrected chi connectivity index (χ2v) is 6.94. The van der Waals surface area contributed by atoms with Gasteiger partial charge in [0.05, 0.1) is 6.61 Å². The number of hydrogen-bond acceptors (Lipinski definition) is 4. The lowest BCUT2D eigenvalue weighted by Gasteiger charge is -2.44. The van der Waals surface area contributed by atoms with Gasteiger partial charge in [-0.15, -0.1) is 0 Å². The number of carbonyl (C=O) groups is 2. The molecule has 0 aromatic heterocycles. The molecular formula is C19H26N2O4. The minimum Gasteiger partial charge on any atom is -0.480 e. The molecule has 0 bridgehead atoms. The molecule has 0 aliphatic carbocycles. The number of nitrogens with zero attached hydrogens (tertiary/aromatic N) is 2. The van der Waals surface area contributed by atoms with Gasteiger partial charge in [-0.3, -0.25) is 9.69 Å². The van der Waals surface area contributed by atoms with Crippen LogP contribution in [0.25, 0.3) is 0 Å². The topological polar surface area (TPSA) is 70.1 Å². The van der Waals surface area contributed by atoms with Crippen LogP contribution in [0.2, 0.25) is 0 Å². The molecule has 6 heteroatoms. The normalized spacial score (nSPS) is 23.1. The monoisotopic (exact) mass is 346 g/mol. The maximum atomic E-state index is 13.2. The molecule has 25 heavy (non-hydrogen) atoms. The highest BCUT2D eigenvalue weighted by molar-refractivity contribution is 5.98. The number of carbonyl (C=O) groups excluding carboxylic acids is 1. The van der Waals surface area contributed by atoms with Crippen LogP contribution >= 0.6 is 0 Å². The zero-order valence-electron chi connectivity index (χ0n) is 14.9. The van der Waals surface area contributed by atoms with Crippen LogP contribution in [0.1, 0.15) is 42.1 Å². The van der Waals surface area contributed by atoms with E-state index in [0.717, 1.165) is 31.6 Å². The fourth-order valence-corrected chi connectivity index (χ4v) is 3.94. The Labute approximate surface area is 148 Å². The summed E-state index contributed by atoms with van der Waals surface area (Å²) in [5, 5.41) is 9.61. The Hall–Kier alpha value is -1.92. The zero-order valence-corrected chi connectivity index (χ0v) is 14.9. The molecule has 6 nitrogen and oxygen atoms in total. The second-order valence-electron chi connectivity index (χ2n) is 6.94. The van der Waals surface area contributed by atoms with Crippen LogP contribution in [-0.2, 0) is 9.53 Å². The van der Waals surface area contributed by atoms with E-state index in [2.05, 4.69) is 11.8 Å². The average molecular weight is 346 g/mol. The van der Waals surface area contributed by atoms with Gasteiger partial charge in [0.2, 0.25) is 0 Å². The lowest BCUT2D eigenvalue weighted by molar-refractivity contribution is -0.143. The van der Waals surface area contributed by atoms with E-state index in [-0.39, 0.29) is 12.5 Å². The highest BCUT2D eigenvalue weighted by atomic mass is 16.5. The largest absolute Gasteiger partial charge is 0.480 e. The number of ether oxygens (including phenoxy) is 1.